The van der Waals surface area contributed by atoms with Crippen LogP contribution in [0.4, 0.5) is 5.69 Å². The van der Waals surface area contributed by atoms with Gasteiger partial charge in [-0.05, 0) is 23.8 Å². The van der Waals surface area contributed by atoms with Gasteiger partial charge in [-0.2, -0.15) is 0 Å². The molecule has 0 atom stereocenters. The zero-order valence-corrected chi connectivity index (χ0v) is 12.4. The summed E-state index contributed by atoms with van der Waals surface area (Å²) in [6.07, 6.45) is 4.11. The van der Waals surface area contributed by atoms with Crippen molar-refractivity contribution in [2.45, 2.75) is 0 Å². The summed E-state index contributed by atoms with van der Waals surface area (Å²) >= 11 is 0. The Morgan fingerprint density at radius 1 is 0.955 bits per heavy atom. The number of hydrogen-bond acceptors (Lipinski definition) is 3. The molecule has 110 valence electrons. The molecule has 3 aromatic rings. The Balaban J connectivity index is 1.97. The zero-order chi connectivity index (χ0) is 15.2. The minimum atomic E-state index is 0.603. The first kappa shape index (κ1) is 14.3. The topological polar surface area (TPSA) is 50.9 Å². The Morgan fingerprint density at radius 2 is 1.73 bits per heavy atom. The van der Waals surface area contributed by atoms with Crippen LogP contribution in [0.2, 0.25) is 0 Å². The summed E-state index contributed by atoms with van der Waals surface area (Å²) in [7, 11) is 0. The van der Waals surface area contributed by atoms with Crippen LogP contribution in [-0.2, 0) is 0 Å². The Bertz CT molecular complexity index is 779. The number of benzene rings is 2. The fourth-order valence-corrected chi connectivity index (χ4v) is 2.38. The monoisotopic (exact) mass is 289 g/mol. The van der Waals surface area contributed by atoms with Gasteiger partial charge in [0.2, 0.25) is 0 Å². The highest BCUT2D eigenvalue weighted by Gasteiger charge is 2.03. The third-order valence-electron chi connectivity index (χ3n) is 3.44. The number of aromatic nitrogens is 1. The molecule has 0 spiro atoms. The van der Waals surface area contributed by atoms with Crippen LogP contribution in [0.1, 0.15) is 11.3 Å². The highest BCUT2D eigenvalue weighted by atomic mass is 14.9. The molecule has 3 heteroatoms. The fourth-order valence-electron chi connectivity index (χ4n) is 2.38. The number of fused-ring (bicyclic) bond motifs is 1. The van der Waals surface area contributed by atoms with Crippen LogP contribution < -0.4 is 11.1 Å². The van der Waals surface area contributed by atoms with Gasteiger partial charge in [0.1, 0.15) is 0 Å². The van der Waals surface area contributed by atoms with E-state index >= 15 is 0 Å². The maximum atomic E-state index is 5.60. The molecule has 3 N–H and O–H groups in total. The van der Waals surface area contributed by atoms with Crippen LogP contribution in [0.5, 0.6) is 0 Å². The predicted octanol–water partition coefficient (Wildman–Crippen LogP) is 3.78. The van der Waals surface area contributed by atoms with E-state index < -0.39 is 0 Å². The second-order valence-electron chi connectivity index (χ2n) is 5.07. The van der Waals surface area contributed by atoms with Gasteiger partial charge in [0.15, 0.2) is 0 Å². The van der Waals surface area contributed by atoms with Gasteiger partial charge in [0.25, 0.3) is 0 Å². The lowest BCUT2D eigenvalue weighted by Gasteiger charge is -2.09. The second-order valence-corrected chi connectivity index (χ2v) is 5.07. The van der Waals surface area contributed by atoms with Crippen LogP contribution in [0, 0.1) is 0 Å². The quantitative estimate of drug-likeness (QED) is 0.751. The molecule has 0 unspecified atom stereocenters. The lowest BCUT2D eigenvalue weighted by Crippen LogP contribution is -2.13. The van der Waals surface area contributed by atoms with E-state index in [1.54, 1.807) is 0 Å². The van der Waals surface area contributed by atoms with Crippen molar-refractivity contribution in [1.82, 2.24) is 4.98 Å². The van der Waals surface area contributed by atoms with E-state index in [4.69, 9.17) is 10.7 Å². The summed E-state index contributed by atoms with van der Waals surface area (Å²) in [4.78, 5) is 4.70. The van der Waals surface area contributed by atoms with Crippen LogP contribution in [0.15, 0.2) is 60.7 Å². The number of pyridine rings is 1. The molecule has 2 aromatic carbocycles. The number of nitrogens with one attached hydrogen (secondary N) is 1. The number of nitrogens with zero attached hydrogens (tertiary/aromatic N) is 1. The van der Waals surface area contributed by atoms with Crippen LogP contribution >= 0.6 is 0 Å². The molecule has 0 fully saturated rings. The van der Waals surface area contributed by atoms with Gasteiger partial charge in [-0.1, -0.05) is 54.6 Å². The van der Waals surface area contributed by atoms with Crippen molar-refractivity contribution >= 4 is 28.7 Å². The minimum Gasteiger partial charge on any atom is -0.383 e. The normalized spacial score (nSPS) is 11.1. The average Bonchev–Trinajstić information content (AvgIpc) is 2.58. The Kier molecular flexibility index (Phi) is 4.47. The highest BCUT2D eigenvalue weighted by Crippen LogP contribution is 2.23. The van der Waals surface area contributed by atoms with E-state index in [-0.39, 0.29) is 0 Å². The van der Waals surface area contributed by atoms with Crippen molar-refractivity contribution in [3.05, 3.63) is 71.9 Å². The summed E-state index contributed by atoms with van der Waals surface area (Å²) in [5.41, 5.74) is 9.75. The van der Waals surface area contributed by atoms with E-state index in [9.17, 15) is 0 Å². The van der Waals surface area contributed by atoms with Gasteiger partial charge in [-0.15, -0.1) is 0 Å². The van der Waals surface area contributed by atoms with Gasteiger partial charge < -0.3 is 11.1 Å². The predicted molar refractivity (Wildman–Crippen MR) is 94.7 cm³/mol. The molecule has 0 radical (unpaired) electrons. The maximum absolute atomic E-state index is 5.60. The summed E-state index contributed by atoms with van der Waals surface area (Å²) in [5.74, 6) is 0. The van der Waals surface area contributed by atoms with Gasteiger partial charge in [0, 0.05) is 24.2 Å². The Labute approximate surface area is 130 Å². The van der Waals surface area contributed by atoms with Crippen molar-refractivity contribution in [3.8, 4) is 0 Å². The molecule has 1 aromatic heterocycles. The van der Waals surface area contributed by atoms with Crippen molar-refractivity contribution < 1.29 is 0 Å². The molecule has 0 aliphatic carbocycles. The Hall–Kier alpha value is -2.65. The smallest absolute Gasteiger partial charge is 0.0730 e. The third kappa shape index (κ3) is 3.32. The lowest BCUT2D eigenvalue weighted by molar-refractivity contribution is 1.03. The Morgan fingerprint density at radius 3 is 2.55 bits per heavy atom. The molecule has 1 heterocycles. The highest BCUT2D eigenvalue weighted by molar-refractivity contribution is 5.92. The van der Waals surface area contributed by atoms with E-state index in [0.717, 1.165) is 34.4 Å². The van der Waals surface area contributed by atoms with Crippen LogP contribution in [0.3, 0.4) is 0 Å². The fraction of sp³-hybridized carbons (Fsp3) is 0.105. The van der Waals surface area contributed by atoms with E-state index in [1.807, 2.05) is 42.5 Å². The molecule has 0 amide bonds. The first-order chi connectivity index (χ1) is 10.9. The van der Waals surface area contributed by atoms with Gasteiger partial charge in [0.05, 0.1) is 11.2 Å². The molecule has 22 heavy (non-hydrogen) atoms. The molecule has 0 saturated carbocycles. The van der Waals surface area contributed by atoms with E-state index in [1.165, 1.54) is 0 Å². The molecular weight excluding hydrogens is 270 g/mol. The molecule has 3 rings (SSSR count). The second kappa shape index (κ2) is 6.87. The van der Waals surface area contributed by atoms with Crippen molar-refractivity contribution in [3.63, 3.8) is 0 Å². The van der Waals surface area contributed by atoms with Gasteiger partial charge in [-0.25, -0.2) is 4.98 Å². The zero-order valence-electron chi connectivity index (χ0n) is 12.4. The van der Waals surface area contributed by atoms with Crippen molar-refractivity contribution in [1.29, 1.82) is 0 Å². The van der Waals surface area contributed by atoms with Crippen LogP contribution in [-0.4, -0.2) is 18.1 Å². The minimum absolute atomic E-state index is 0.603. The van der Waals surface area contributed by atoms with Gasteiger partial charge >= 0.3 is 0 Å². The first-order valence-electron chi connectivity index (χ1n) is 7.44. The summed E-state index contributed by atoms with van der Waals surface area (Å²) in [5, 5.41) is 4.50. The third-order valence-corrected chi connectivity index (χ3v) is 3.44. The average molecular weight is 289 g/mol. The summed E-state index contributed by atoms with van der Waals surface area (Å²) in [6, 6.07) is 20.4. The van der Waals surface area contributed by atoms with Crippen LogP contribution in [0.25, 0.3) is 23.1 Å². The molecular formula is C19H19N3. The summed E-state index contributed by atoms with van der Waals surface area (Å²) in [6.45, 7) is 1.35. The van der Waals surface area contributed by atoms with E-state index in [2.05, 4.69) is 35.7 Å². The number of nitrogens with two attached hydrogens (primary N) is 1. The van der Waals surface area contributed by atoms with Gasteiger partial charge in [-0.3, -0.25) is 0 Å². The maximum Gasteiger partial charge on any atom is 0.0730 e. The number of rotatable bonds is 5. The SMILES string of the molecule is NCCNc1cc(/C=C/c2ccccc2)nc2ccccc12. The van der Waals surface area contributed by atoms with Crippen molar-refractivity contribution in [2.75, 3.05) is 18.4 Å². The number of anilines is 1. The first-order valence-corrected chi connectivity index (χ1v) is 7.44. The van der Waals surface area contributed by atoms with E-state index in [0.29, 0.717) is 6.54 Å². The van der Waals surface area contributed by atoms with Crippen molar-refractivity contribution in [2.24, 2.45) is 5.73 Å². The largest absolute Gasteiger partial charge is 0.383 e. The summed E-state index contributed by atoms with van der Waals surface area (Å²) < 4.78 is 0. The number of para-hydroxylation sites is 1. The lowest BCUT2D eigenvalue weighted by atomic mass is 10.1. The standard InChI is InChI=1S/C19H19N3/c20-12-13-21-19-14-16(11-10-15-6-2-1-3-7-15)22-18-9-5-4-8-17(18)19/h1-11,14H,12-13,20H2,(H,21,22)/b11-10+. The number of hydrogen-bond donors (Lipinski definition) is 2. The molecule has 0 bridgehead atoms. The molecule has 3 nitrogen and oxygen atoms in total. The molecule has 0 saturated heterocycles. The molecule has 0 aliphatic heterocycles. The molecule has 0 aliphatic rings.